The molecule has 1 aromatic carbocycles. The lowest BCUT2D eigenvalue weighted by molar-refractivity contribution is -0.119. The van der Waals surface area contributed by atoms with Gasteiger partial charge in [-0.2, -0.15) is 0 Å². The van der Waals surface area contributed by atoms with Crippen LogP contribution in [0.1, 0.15) is 24.2 Å². The summed E-state index contributed by atoms with van der Waals surface area (Å²) in [5.74, 6) is 0.0652. The van der Waals surface area contributed by atoms with Crippen LogP contribution in [-0.4, -0.2) is 34.3 Å². The summed E-state index contributed by atoms with van der Waals surface area (Å²) in [7, 11) is 0. The Balaban J connectivity index is 2.31. The molecule has 1 heterocycles. The number of amides is 2. The number of hydrogen-bond donors (Lipinski definition) is 1. The van der Waals surface area contributed by atoms with Crippen molar-refractivity contribution in [2.24, 2.45) is 5.73 Å². The van der Waals surface area contributed by atoms with Crippen LogP contribution in [0.5, 0.6) is 11.5 Å². The molecule has 2 aromatic rings. The molecule has 1 aromatic heterocycles. The number of aromatic nitrogens is 1. The van der Waals surface area contributed by atoms with Gasteiger partial charge in [-0.25, -0.2) is 0 Å². The third-order valence-electron chi connectivity index (χ3n) is 3.19. The molecule has 2 amide bonds. The lowest BCUT2D eigenvalue weighted by Gasteiger charge is -2.26. The molecule has 0 aliphatic carbocycles. The molecule has 0 fully saturated rings. The Hall–Kier alpha value is -2.89. The minimum Gasteiger partial charge on any atom is -0.455 e. The number of pyridine rings is 1. The average molecular weight is 313 g/mol. The number of hydrogen-bond acceptors (Lipinski definition) is 4. The number of carbonyl (C=O) groups is 2. The predicted molar refractivity (Wildman–Crippen MR) is 86.1 cm³/mol. The Labute approximate surface area is 134 Å². The van der Waals surface area contributed by atoms with E-state index in [1.54, 1.807) is 48.8 Å². The number of benzene rings is 1. The van der Waals surface area contributed by atoms with Gasteiger partial charge in [0.25, 0.3) is 5.91 Å². The van der Waals surface area contributed by atoms with E-state index in [4.69, 9.17) is 10.5 Å². The molecule has 2 rings (SSSR count). The quantitative estimate of drug-likeness (QED) is 0.886. The van der Waals surface area contributed by atoms with Crippen LogP contribution >= 0.6 is 0 Å². The van der Waals surface area contributed by atoms with Gasteiger partial charge in [0.05, 0.1) is 18.3 Å². The van der Waals surface area contributed by atoms with E-state index in [9.17, 15) is 9.59 Å². The van der Waals surface area contributed by atoms with Crippen molar-refractivity contribution in [1.29, 1.82) is 0 Å². The number of nitrogens with zero attached hydrogens (tertiary/aromatic N) is 2. The highest BCUT2D eigenvalue weighted by molar-refractivity contribution is 5.99. The van der Waals surface area contributed by atoms with Crippen molar-refractivity contribution in [2.75, 3.05) is 6.54 Å². The molecule has 6 nitrogen and oxygen atoms in total. The molecule has 0 unspecified atom stereocenters. The van der Waals surface area contributed by atoms with Gasteiger partial charge in [-0.15, -0.1) is 0 Å². The van der Waals surface area contributed by atoms with E-state index < -0.39 is 5.91 Å². The van der Waals surface area contributed by atoms with Gasteiger partial charge in [0.2, 0.25) is 5.91 Å². The fourth-order valence-electron chi connectivity index (χ4n) is 2.08. The fraction of sp³-hybridized carbons (Fsp3) is 0.235. The molecule has 23 heavy (non-hydrogen) atoms. The molecule has 2 N–H and O–H groups in total. The maximum atomic E-state index is 12.8. The maximum Gasteiger partial charge on any atom is 0.258 e. The molecule has 0 spiro atoms. The standard InChI is InChI=1S/C17H19N3O3/c1-12(2)20(11-16(18)21)17(22)14-7-3-4-8-15(14)23-13-6-5-9-19-10-13/h3-10,12H,11H2,1-2H3,(H2,18,21). The molecule has 0 aliphatic heterocycles. The van der Waals surface area contributed by atoms with E-state index in [1.165, 1.54) is 4.90 Å². The zero-order valence-corrected chi connectivity index (χ0v) is 13.1. The van der Waals surface area contributed by atoms with Gasteiger partial charge in [-0.05, 0) is 38.1 Å². The molecule has 0 atom stereocenters. The van der Waals surface area contributed by atoms with Gasteiger partial charge in [0.15, 0.2) is 0 Å². The van der Waals surface area contributed by atoms with Crippen LogP contribution in [0, 0.1) is 0 Å². The summed E-state index contributed by atoms with van der Waals surface area (Å²) in [6, 6.07) is 10.2. The second-order valence-corrected chi connectivity index (χ2v) is 5.28. The van der Waals surface area contributed by atoms with Gasteiger partial charge < -0.3 is 15.4 Å². The lowest BCUT2D eigenvalue weighted by atomic mass is 10.1. The predicted octanol–water partition coefficient (Wildman–Crippen LogP) is 2.21. The Morgan fingerprint density at radius 2 is 1.96 bits per heavy atom. The van der Waals surface area contributed by atoms with Crippen LogP contribution in [0.4, 0.5) is 0 Å². The molecule has 120 valence electrons. The molecular weight excluding hydrogens is 294 g/mol. The molecule has 0 saturated carbocycles. The Morgan fingerprint density at radius 1 is 1.22 bits per heavy atom. The third kappa shape index (κ3) is 4.29. The zero-order chi connectivity index (χ0) is 16.8. The molecular formula is C17H19N3O3. The number of para-hydroxylation sites is 1. The van der Waals surface area contributed by atoms with Crippen LogP contribution in [0.15, 0.2) is 48.8 Å². The van der Waals surface area contributed by atoms with Crippen molar-refractivity contribution < 1.29 is 14.3 Å². The summed E-state index contributed by atoms with van der Waals surface area (Å²) in [6.07, 6.45) is 3.20. The van der Waals surface area contributed by atoms with E-state index in [0.717, 1.165) is 0 Å². The minimum atomic E-state index is -0.558. The summed E-state index contributed by atoms with van der Waals surface area (Å²) in [5.41, 5.74) is 5.60. The first-order valence-electron chi connectivity index (χ1n) is 7.25. The first-order valence-corrected chi connectivity index (χ1v) is 7.25. The van der Waals surface area contributed by atoms with Crippen LogP contribution < -0.4 is 10.5 Å². The van der Waals surface area contributed by atoms with E-state index in [-0.39, 0.29) is 18.5 Å². The van der Waals surface area contributed by atoms with Crippen molar-refractivity contribution in [3.05, 3.63) is 54.4 Å². The van der Waals surface area contributed by atoms with Gasteiger partial charge >= 0.3 is 0 Å². The monoisotopic (exact) mass is 313 g/mol. The van der Waals surface area contributed by atoms with Crippen LogP contribution in [0.25, 0.3) is 0 Å². The van der Waals surface area contributed by atoms with Gasteiger partial charge in [0, 0.05) is 12.2 Å². The fourth-order valence-corrected chi connectivity index (χ4v) is 2.08. The van der Waals surface area contributed by atoms with Crippen molar-refractivity contribution in [1.82, 2.24) is 9.88 Å². The largest absolute Gasteiger partial charge is 0.455 e. The second kappa shape index (κ2) is 7.40. The second-order valence-electron chi connectivity index (χ2n) is 5.28. The first-order chi connectivity index (χ1) is 11.0. The molecule has 0 bridgehead atoms. The Morgan fingerprint density at radius 3 is 2.57 bits per heavy atom. The maximum absolute atomic E-state index is 12.8. The minimum absolute atomic E-state index is 0.141. The molecule has 0 aliphatic rings. The number of primary amides is 1. The van der Waals surface area contributed by atoms with E-state index >= 15 is 0 Å². The third-order valence-corrected chi connectivity index (χ3v) is 3.19. The molecule has 0 radical (unpaired) electrons. The number of carbonyl (C=O) groups excluding carboxylic acids is 2. The van der Waals surface area contributed by atoms with Crippen molar-refractivity contribution in [2.45, 2.75) is 19.9 Å². The summed E-state index contributed by atoms with van der Waals surface area (Å²) < 4.78 is 5.74. The van der Waals surface area contributed by atoms with E-state index in [1.807, 2.05) is 13.8 Å². The van der Waals surface area contributed by atoms with Crippen LogP contribution in [-0.2, 0) is 4.79 Å². The summed E-state index contributed by atoms with van der Waals surface area (Å²) in [4.78, 5) is 29.4. The summed E-state index contributed by atoms with van der Waals surface area (Å²) >= 11 is 0. The first kappa shape index (κ1) is 16.5. The van der Waals surface area contributed by atoms with E-state index in [2.05, 4.69) is 4.98 Å². The van der Waals surface area contributed by atoms with E-state index in [0.29, 0.717) is 17.1 Å². The molecule has 0 saturated heterocycles. The Kier molecular flexibility index (Phi) is 5.30. The Bertz CT molecular complexity index is 686. The highest BCUT2D eigenvalue weighted by Gasteiger charge is 2.23. The van der Waals surface area contributed by atoms with Crippen LogP contribution in [0.3, 0.4) is 0 Å². The smallest absolute Gasteiger partial charge is 0.258 e. The topological polar surface area (TPSA) is 85.5 Å². The number of nitrogens with two attached hydrogens (primary N) is 1. The number of rotatable bonds is 6. The van der Waals surface area contributed by atoms with Crippen molar-refractivity contribution in [3.8, 4) is 11.5 Å². The highest BCUT2D eigenvalue weighted by Crippen LogP contribution is 2.26. The lowest BCUT2D eigenvalue weighted by Crippen LogP contribution is -2.42. The highest BCUT2D eigenvalue weighted by atomic mass is 16.5. The summed E-state index contributed by atoms with van der Waals surface area (Å²) in [5, 5.41) is 0. The van der Waals surface area contributed by atoms with Gasteiger partial charge in [-0.1, -0.05) is 12.1 Å². The average Bonchev–Trinajstić information content (AvgIpc) is 2.53. The number of ether oxygens (including phenoxy) is 1. The van der Waals surface area contributed by atoms with Gasteiger partial charge in [0.1, 0.15) is 11.5 Å². The van der Waals surface area contributed by atoms with Crippen molar-refractivity contribution in [3.63, 3.8) is 0 Å². The summed E-state index contributed by atoms with van der Waals surface area (Å²) in [6.45, 7) is 3.51. The normalized spacial score (nSPS) is 10.4. The zero-order valence-electron chi connectivity index (χ0n) is 13.1. The SMILES string of the molecule is CC(C)N(CC(N)=O)C(=O)c1ccccc1Oc1cccnc1. The molecule has 6 heteroatoms. The van der Waals surface area contributed by atoms with Gasteiger partial charge in [-0.3, -0.25) is 14.6 Å². The van der Waals surface area contributed by atoms with Crippen molar-refractivity contribution >= 4 is 11.8 Å². The van der Waals surface area contributed by atoms with Crippen LogP contribution in [0.2, 0.25) is 0 Å².